The van der Waals surface area contributed by atoms with Crippen molar-refractivity contribution in [1.29, 1.82) is 0 Å². The molecule has 1 atom stereocenters. The third kappa shape index (κ3) is 3.77. The summed E-state index contributed by atoms with van der Waals surface area (Å²) in [5.41, 5.74) is 0. The molecule has 1 aromatic heterocycles. The van der Waals surface area contributed by atoms with E-state index in [0.717, 1.165) is 19.6 Å². The number of likely N-dealkylation sites (N-methyl/N-ethyl adjacent to an activating group) is 2. The molecular weight excluding hydrogens is 259 g/mol. The molecular formula is C13H23FN6. The maximum Gasteiger partial charge on any atom is 0.224 e. The summed E-state index contributed by atoms with van der Waals surface area (Å²) in [6, 6.07) is 0.352. The number of nitrogens with zero attached hydrogens (tertiary/aromatic N) is 4. The van der Waals surface area contributed by atoms with Crippen LogP contribution in [0.2, 0.25) is 0 Å². The molecule has 0 aliphatic carbocycles. The fourth-order valence-electron chi connectivity index (χ4n) is 2.27. The van der Waals surface area contributed by atoms with Gasteiger partial charge in [0, 0.05) is 38.8 Å². The maximum atomic E-state index is 13.7. The van der Waals surface area contributed by atoms with Crippen molar-refractivity contribution in [2.24, 2.45) is 0 Å². The largest absolute Gasteiger partial charge is 0.366 e. The van der Waals surface area contributed by atoms with Gasteiger partial charge in [-0.05, 0) is 21.0 Å². The predicted molar refractivity (Wildman–Crippen MR) is 78.6 cm³/mol. The van der Waals surface area contributed by atoms with Gasteiger partial charge in [0.05, 0.1) is 6.20 Å². The van der Waals surface area contributed by atoms with E-state index in [1.807, 2.05) is 6.92 Å². The van der Waals surface area contributed by atoms with Crippen LogP contribution in [-0.4, -0.2) is 72.6 Å². The number of nitrogens with one attached hydrogen (secondary N) is 2. The number of halogens is 1. The maximum absolute atomic E-state index is 13.7. The van der Waals surface area contributed by atoms with Crippen LogP contribution in [0.15, 0.2) is 6.20 Å². The van der Waals surface area contributed by atoms with Crippen LogP contribution in [0.1, 0.15) is 6.92 Å². The highest BCUT2D eigenvalue weighted by molar-refractivity contribution is 5.41. The Hall–Kier alpha value is -1.47. The first kappa shape index (κ1) is 14.9. The molecule has 1 fully saturated rings. The van der Waals surface area contributed by atoms with E-state index in [0.29, 0.717) is 25.1 Å². The van der Waals surface area contributed by atoms with Gasteiger partial charge in [-0.2, -0.15) is 4.98 Å². The van der Waals surface area contributed by atoms with Gasteiger partial charge < -0.3 is 15.5 Å². The average molecular weight is 282 g/mol. The number of anilines is 2. The van der Waals surface area contributed by atoms with Crippen molar-refractivity contribution < 1.29 is 4.39 Å². The molecule has 6 nitrogen and oxygen atoms in total. The topological polar surface area (TPSA) is 56.3 Å². The van der Waals surface area contributed by atoms with Gasteiger partial charge in [0.15, 0.2) is 11.6 Å². The van der Waals surface area contributed by atoms with Gasteiger partial charge in [0.25, 0.3) is 0 Å². The predicted octanol–water partition coefficient (Wildman–Crippen LogP) is 0.705. The van der Waals surface area contributed by atoms with E-state index < -0.39 is 5.82 Å². The first-order valence-electron chi connectivity index (χ1n) is 6.99. The second-order valence-corrected chi connectivity index (χ2v) is 5.20. The van der Waals surface area contributed by atoms with Gasteiger partial charge in [-0.25, -0.2) is 9.37 Å². The highest BCUT2D eigenvalue weighted by Gasteiger charge is 2.22. The Bertz CT molecular complexity index is 441. The normalized spacial score (nSPS) is 20.9. The Morgan fingerprint density at radius 2 is 2.15 bits per heavy atom. The zero-order valence-corrected chi connectivity index (χ0v) is 12.4. The van der Waals surface area contributed by atoms with Gasteiger partial charge in [-0.3, -0.25) is 4.90 Å². The van der Waals surface area contributed by atoms with E-state index in [-0.39, 0.29) is 5.82 Å². The molecule has 1 aromatic rings. The smallest absolute Gasteiger partial charge is 0.224 e. The Labute approximate surface area is 119 Å². The fourth-order valence-corrected chi connectivity index (χ4v) is 2.27. The zero-order chi connectivity index (χ0) is 14.5. The van der Waals surface area contributed by atoms with E-state index in [4.69, 9.17) is 0 Å². The molecule has 0 spiro atoms. The molecule has 1 aliphatic rings. The third-order valence-corrected chi connectivity index (χ3v) is 3.56. The molecule has 2 rings (SSSR count). The molecule has 112 valence electrons. The standard InChI is InChI=1S/C13H23FN6/c1-4-15-13-17-8-11(14)12(18-13)16-7-10-9-19(2)5-6-20(10)3/h8,10H,4-7,9H2,1-3H3,(H2,15,16,17,18). The van der Waals surface area contributed by atoms with Crippen molar-refractivity contribution in [3.8, 4) is 0 Å². The lowest BCUT2D eigenvalue weighted by Crippen LogP contribution is -2.52. The Morgan fingerprint density at radius 3 is 2.90 bits per heavy atom. The molecule has 2 heterocycles. The van der Waals surface area contributed by atoms with Crippen molar-refractivity contribution in [3.63, 3.8) is 0 Å². The summed E-state index contributed by atoms with van der Waals surface area (Å²) >= 11 is 0. The summed E-state index contributed by atoms with van der Waals surface area (Å²) in [7, 11) is 4.20. The Kier molecular flexibility index (Phi) is 5.08. The Balaban J connectivity index is 1.97. The molecule has 1 saturated heterocycles. The zero-order valence-electron chi connectivity index (χ0n) is 12.4. The second-order valence-electron chi connectivity index (χ2n) is 5.20. The van der Waals surface area contributed by atoms with Crippen LogP contribution in [0.4, 0.5) is 16.2 Å². The molecule has 0 radical (unpaired) electrons. The molecule has 0 bridgehead atoms. The van der Waals surface area contributed by atoms with Gasteiger partial charge in [-0.15, -0.1) is 0 Å². The summed E-state index contributed by atoms with van der Waals surface area (Å²) in [5.74, 6) is 0.293. The second kappa shape index (κ2) is 6.81. The molecule has 1 aliphatic heterocycles. The SMILES string of the molecule is CCNc1ncc(F)c(NCC2CN(C)CCN2C)n1. The van der Waals surface area contributed by atoms with Crippen molar-refractivity contribution in [2.45, 2.75) is 13.0 Å². The van der Waals surface area contributed by atoms with E-state index in [9.17, 15) is 4.39 Å². The monoisotopic (exact) mass is 282 g/mol. The average Bonchev–Trinajstić information content (AvgIpc) is 2.43. The summed E-state index contributed by atoms with van der Waals surface area (Å²) < 4.78 is 13.7. The molecule has 20 heavy (non-hydrogen) atoms. The van der Waals surface area contributed by atoms with Gasteiger partial charge in [-0.1, -0.05) is 0 Å². The quantitative estimate of drug-likeness (QED) is 0.829. The van der Waals surface area contributed by atoms with Crippen LogP contribution >= 0.6 is 0 Å². The Morgan fingerprint density at radius 1 is 1.35 bits per heavy atom. The van der Waals surface area contributed by atoms with Crippen LogP contribution < -0.4 is 10.6 Å². The number of piperazine rings is 1. The van der Waals surface area contributed by atoms with E-state index >= 15 is 0 Å². The lowest BCUT2D eigenvalue weighted by atomic mass is 10.2. The minimum absolute atomic E-state index is 0.262. The third-order valence-electron chi connectivity index (χ3n) is 3.56. The van der Waals surface area contributed by atoms with Crippen LogP contribution in [-0.2, 0) is 0 Å². The number of hydrogen-bond acceptors (Lipinski definition) is 6. The molecule has 0 aromatic carbocycles. The van der Waals surface area contributed by atoms with Crippen molar-refractivity contribution in [1.82, 2.24) is 19.8 Å². The van der Waals surface area contributed by atoms with Crippen LogP contribution in [0.3, 0.4) is 0 Å². The van der Waals surface area contributed by atoms with Crippen molar-refractivity contribution in [2.75, 3.05) is 57.5 Å². The highest BCUT2D eigenvalue weighted by atomic mass is 19.1. The van der Waals surface area contributed by atoms with Crippen LogP contribution in [0.25, 0.3) is 0 Å². The van der Waals surface area contributed by atoms with Crippen molar-refractivity contribution in [3.05, 3.63) is 12.0 Å². The summed E-state index contributed by atoms with van der Waals surface area (Å²) in [6.45, 7) is 6.39. The summed E-state index contributed by atoms with van der Waals surface area (Å²) in [5, 5.41) is 6.08. The molecule has 2 N–H and O–H groups in total. The van der Waals surface area contributed by atoms with Crippen molar-refractivity contribution >= 4 is 11.8 Å². The van der Waals surface area contributed by atoms with Gasteiger partial charge in [0.2, 0.25) is 5.95 Å². The molecule has 7 heteroatoms. The molecule has 1 unspecified atom stereocenters. The highest BCUT2D eigenvalue weighted by Crippen LogP contribution is 2.13. The first-order valence-corrected chi connectivity index (χ1v) is 6.99. The van der Waals surface area contributed by atoms with Gasteiger partial charge in [0.1, 0.15) is 0 Å². The first-order chi connectivity index (χ1) is 9.60. The number of rotatable bonds is 5. The molecule has 0 amide bonds. The lowest BCUT2D eigenvalue weighted by molar-refractivity contribution is 0.121. The van der Waals surface area contributed by atoms with Crippen LogP contribution in [0.5, 0.6) is 0 Å². The van der Waals surface area contributed by atoms with E-state index in [1.165, 1.54) is 6.20 Å². The number of aromatic nitrogens is 2. The van der Waals surface area contributed by atoms with E-state index in [2.05, 4.69) is 44.5 Å². The van der Waals surface area contributed by atoms with Gasteiger partial charge >= 0.3 is 0 Å². The number of hydrogen-bond donors (Lipinski definition) is 2. The minimum Gasteiger partial charge on any atom is -0.366 e. The lowest BCUT2D eigenvalue weighted by Gasteiger charge is -2.37. The minimum atomic E-state index is -0.418. The summed E-state index contributed by atoms with van der Waals surface area (Å²) in [6.07, 6.45) is 1.20. The van der Waals surface area contributed by atoms with E-state index in [1.54, 1.807) is 0 Å². The van der Waals surface area contributed by atoms with Crippen LogP contribution in [0, 0.1) is 5.82 Å². The molecule has 0 saturated carbocycles. The fraction of sp³-hybridized carbons (Fsp3) is 0.692. The summed E-state index contributed by atoms with van der Waals surface area (Å²) in [4.78, 5) is 12.6.